The zero-order valence-corrected chi connectivity index (χ0v) is 12.7. The first-order valence-electron chi connectivity index (χ1n) is 7.30. The highest BCUT2D eigenvalue weighted by Crippen LogP contribution is 2.36. The molecule has 0 atom stereocenters. The van der Waals surface area contributed by atoms with Gasteiger partial charge in [-0.3, -0.25) is 0 Å². The van der Waals surface area contributed by atoms with Crippen LogP contribution in [0.15, 0.2) is 41.7 Å². The van der Waals surface area contributed by atoms with Gasteiger partial charge in [-0.05, 0) is 37.1 Å². The minimum Gasteiger partial charge on any atom is -0.331 e. The highest BCUT2D eigenvalue weighted by atomic mass is 32.2. The van der Waals surface area contributed by atoms with E-state index in [4.69, 9.17) is 0 Å². The molecule has 0 radical (unpaired) electrons. The van der Waals surface area contributed by atoms with E-state index < -0.39 is 0 Å². The second-order valence-corrected chi connectivity index (χ2v) is 6.29. The first-order chi connectivity index (χ1) is 9.86. The van der Waals surface area contributed by atoms with E-state index in [1.54, 1.807) is 0 Å². The smallest absolute Gasteiger partial charge is 0.0951 e. The van der Waals surface area contributed by atoms with Crippen LogP contribution in [0.5, 0.6) is 0 Å². The minimum absolute atomic E-state index is 0.716. The Morgan fingerprint density at radius 1 is 1.40 bits per heavy atom. The zero-order valence-electron chi connectivity index (χ0n) is 11.9. The quantitative estimate of drug-likeness (QED) is 0.789. The number of hydrogen-bond acceptors (Lipinski definition) is 3. The number of imidazole rings is 1. The Kier molecular flexibility index (Phi) is 4.43. The zero-order chi connectivity index (χ0) is 13.8. The molecule has 1 N–H and O–H groups in total. The summed E-state index contributed by atoms with van der Waals surface area (Å²) in [4.78, 5) is 5.63. The van der Waals surface area contributed by atoms with Gasteiger partial charge >= 0.3 is 0 Å². The predicted molar refractivity (Wildman–Crippen MR) is 83.9 cm³/mol. The van der Waals surface area contributed by atoms with Gasteiger partial charge in [0, 0.05) is 35.1 Å². The maximum atomic E-state index is 4.29. The van der Waals surface area contributed by atoms with Crippen molar-refractivity contribution in [2.24, 2.45) is 0 Å². The Morgan fingerprint density at radius 2 is 2.30 bits per heavy atom. The van der Waals surface area contributed by atoms with Gasteiger partial charge in [0.2, 0.25) is 0 Å². The molecule has 1 aromatic heterocycles. The van der Waals surface area contributed by atoms with Gasteiger partial charge in [-0.25, -0.2) is 4.98 Å². The molecule has 0 unspecified atom stereocenters. The van der Waals surface area contributed by atoms with Crippen molar-refractivity contribution < 1.29 is 0 Å². The molecule has 2 aromatic rings. The molecule has 1 saturated carbocycles. The first kappa shape index (κ1) is 13.7. The molecule has 1 fully saturated rings. The highest BCUT2D eigenvalue weighted by Gasteiger charge is 2.24. The van der Waals surface area contributed by atoms with Crippen molar-refractivity contribution in [3.8, 4) is 0 Å². The van der Waals surface area contributed by atoms with E-state index in [9.17, 15) is 0 Å². The summed E-state index contributed by atoms with van der Waals surface area (Å²) >= 11 is 1.90. The lowest BCUT2D eigenvalue weighted by Crippen LogP contribution is -2.11. The van der Waals surface area contributed by atoms with Crippen molar-refractivity contribution >= 4 is 11.8 Å². The Morgan fingerprint density at radius 3 is 3.10 bits per heavy atom. The van der Waals surface area contributed by atoms with Crippen LogP contribution >= 0.6 is 11.8 Å². The van der Waals surface area contributed by atoms with Crippen LogP contribution in [0.25, 0.3) is 0 Å². The second-order valence-electron chi connectivity index (χ2n) is 5.24. The van der Waals surface area contributed by atoms with Crippen LogP contribution in [0.2, 0.25) is 0 Å². The molecule has 3 nitrogen and oxygen atoms in total. The summed E-state index contributed by atoms with van der Waals surface area (Å²) in [6.45, 7) is 4.10. The monoisotopic (exact) mass is 287 g/mol. The third kappa shape index (κ3) is 3.44. The number of hydrogen-bond donors (Lipinski definition) is 1. The molecule has 0 aliphatic heterocycles. The van der Waals surface area contributed by atoms with Crippen molar-refractivity contribution in [3.63, 3.8) is 0 Å². The van der Waals surface area contributed by atoms with E-state index in [1.807, 2.05) is 24.3 Å². The number of nitrogens with one attached hydrogen (secondary N) is 1. The summed E-state index contributed by atoms with van der Waals surface area (Å²) < 4.78 is 2.34. The highest BCUT2D eigenvalue weighted by molar-refractivity contribution is 7.98. The van der Waals surface area contributed by atoms with E-state index in [-0.39, 0.29) is 0 Å². The molecule has 4 heteroatoms. The Hall–Kier alpha value is -1.26. The van der Waals surface area contributed by atoms with Crippen molar-refractivity contribution in [3.05, 3.63) is 48.0 Å². The SMILES string of the molecule is CCNCc1cccc(SCc2cncn2C2CC2)c1. The van der Waals surface area contributed by atoms with Gasteiger partial charge in [0.1, 0.15) is 0 Å². The van der Waals surface area contributed by atoms with Crippen LogP contribution in [-0.2, 0) is 12.3 Å². The van der Waals surface area contributed by atoms with Gasteiger partial charge in [0.05, 0.1) is 6.33 Å². The fourth-order valence-corrected chi connectivity index (χ4v) is 3.24. The van der Waals surface area contributed by atoms with E-state index in [0.717, 1.165) is 18.8 Å². The molecule has 20 heavy (non-hydrogen) atoms. The normalized spacial score (nSPS) is 14.7. The van der Waals surface area contributed by atoms with Crippen LogP contribution in [-0.4, -0.2) is 16.1 Å². The molecule has 1 aliphatic rings. The van der Waals surface area contributed by atoms with Crippen molar-refractivity contribution in [1.82, 2.24) is 14.9 Å². The molecule has 1 aliphatic carbocycles. The van der Waals surface area contributed by atoms with Gasteiger partial charge in [-0.2, -0.15) is 0 Å². The van der Waals surface area contributed by atoms with E-state index >= 15 is 0 Å². The summed E-state index contributed by atoms with van der Waals surface area (Å²) in [7, 11) is 0. The maximum absolute atomic E-state index is 4.29. The third-order valence-corrected chi connectivity index (χ3v) is 4.58. The summed E-state index contributed by atoms with van der Waals surface area (Å²) in [5, 5.41) is 3.37. The van der Waals surface area contributed by atoms with E-state index in [1.165, 1.54) is 29.0 Å². The Bertz CT molecular complexity index is 560. The molecule has 0 bridgehead atoms. The van der Waals surface area contributed by atoms with Crippen molar-refractivity contribution in [2.75, 3.05) is 6.54 Å². The van der Waals surface area contributed by atoms with Gasteiger partial charge in [-0.1, -0.05) is 19.1 Å². The average molecular weight is 287 g/mol. The van der Waals surface area contributed by atoms with Gasteiger partial charge < -0.3 is 9.88 Å². The number of benzene rings is 1. The predicted octanol–water partition coefficient (Wildman–Crippen LogP) is 3.62. The Balaban J connectivity index is 1.61. The molecular formula is C16H21N3S. The third-order valence-electron chi connectivity index (χ3n) is 3.55. The lowest BCUT2D eigenvalue weighted by molar-refractivity contribution is 0.714. The molecule has 0 amide bonds. The van der Waals surface area contributed by atoms with Gasteiger partial charge in [0.25, 0.3) is 0 Å². The minimum atomic E-state index is 0.716. The first-order valence-corrected chi connectivity index (χ1v) is 8.28. The van der Waals surface area contributed by atoms with E-state index in [0.29, 0.717) is 6.04 Å². The molecular weight excluding hydrogens is 266 g/mol. The molecule has 106 valence electrons. The maximum Gasteiger partial charge on any atom is 0.0951 e. The van der Waals surface area contributed by atoms with Crippen molar-refractivity contribution in [1.29, 1.82) is 0 Å². The molecule has 1 heterocycles. The Labute approximate surface area is 124 Å². The van der Waals surface area contributed by atoms with E-state index in [2.05, 4.69) is 46.1 Å². The number of thioether (sulfide) groups is 1. The second kappa shape index (κ2) is 6.46. The lowest BCUT2D eigenvalue weighted by atomic mass is 10.2. The molecule has 1 aromatic carbocycles. The van der Waals surface area contributed by atoms with Gasteiger partial charge in [-0.15, -0.1) is 11.8 Å². The van der Waals surface area contributed by atoms with Crippen LogP contribution < -0.4 is 5.32 Å². The molecule has 0 saturated heterocycles. The summed E-state index contributed by atoms with van der Waals surface area (Å²) in [5.41, 5.74) is 2.70. The fraction of sp³-hybridized carbons (Fsp3) is 0.438. The van der Waals surface area contributed by atoms with Crippen LogP contribution in [0, 0.1) is 0 Å². The average Bonchev–Trinajstić information content (AvgIpc) is 3.22. The largest absolute Gasteiger partial charge is 0.331 e. The van der Waals surface area contributed by atoms with Crippen molar-refractivity contribution in [2.45, 2.75) is 43.0 Å². The van der Waals surface area contributed by atoms with Crippen LogP contribution in [0.3, 0.4) is 0 Å². The summed E-state index contributed by atoms with van der Waals surface area (Å²) in [6, 6.07) is 9.52. The molecule has 0 spiro atoms. The standard InChI is InChI=1S/C16H21N3S/c1-2-17-9-13-4-3-5-16(8-13)20-11-15-10-18-12-19(15)14-6-7-14/h3-5,8,10,12,14,17H,2,6-7,9,11H2,1H3. The van der Waals surface area contributed by atoms with Crippen LogP contribution in [0.1, 0.15) is 37.1 Å². The molecule has 3 rings (SSSR count). The number of nitrogens with zero attached hydrogens (tertiary/aromatic N) is 2. The number of rotatable bonds is 7. The lowest BCUT2D eigenvalue weighted by Gasteiger charge is -2.08. The number of aromatic nitrogens is 2. The van der Waals surface area contributed by atoms with Crippen LogP contribution in [0.4, 0.5) is 0 Å². The summed E-state index contributed by atoms with van der Waals surface area (Å²) in [6.07, 6.45) is 6.61. The summed E-state index contributed by atoms with van der Waals surface area (Å²) in [5.74, 6) is 1.00. The topological polar surface area (TPSA) is 29.9 Å². The van der Waals surface area contributed by atoms with Gasteiger partial charge in [0.15, 0.2) is 0 Å². The fourth-order valence-electron chi connectivity index (χ4n) is 2.30.